The standard InChI is InChI=1S/C24H28N2O2S/c1-17(2)16-26-23(27)21(20-9-6-14-29-20)22(24(26)28)25-12-10-19(11-13-25)15-18-7-4-3-5-8-18/h3-9,14,17,19H,10-13,15-16H2,1-2H3. The van der Waals surface area contributed by atoms with Crippen LogP contribution in [-0.4, -0.2) is 41.2 Å². The lowest BCUT2D eigenvalue weighted by Crippen LogP contribution is -2.40. The lowest BCUT2D eigenvalue weighted by atomic mass is 9.90. The highest BCUT2D eigenvalue weighted by Crippen LogP contribution is 2.36. The summed E-state index contributed by atoms with van der Waals surface area (Å²) >= 11 is 1.53. The smallest absolute Gasteiger partial charge is 0.277 e. The highest BCUT2D eigenvalue weighted by Gasteiger charge is 2.42. The predicted molar refractivity (Wildman–Crippen MR) is 117 cm³/mol. The zero-order valence-electron chi connectivity index (χ0n) is 17.1. The summed E-state index contributed by atoms with van der Waals surface area (Å²) in [5.41, 5.74) is 2.60. The molecule has 0 spiro atoms. The summed E-state index contributed by atoms with van der Waals surface area (Å²) in [7, 11) is 0. The average Bonchev–Trinajstić information content (AvgIpc) is 3.32. The lowest BCUT2D eigenvalue weighted by molar-refractivity contribution is -0.138. The Morgan fingerprint density at radius 1 is 1.00 bits per heavy atom. The van der Waals surface area contributed by atoms with Crippen molar-refractivity contribution in [2.75, 3.05) is 19.6 Å². The van der Waals surface area contributed by atoms with Gasteiger partial charge >= 0.3 is 0 Å². The summed E-state index contributed by atoms with van der Waals surface area (Å²) in [5, 5.41) is 1.97. The number of likely N-dealkylation sites (tertiary alicyclic amines) is 1. The lowest BCUT2D eigenvalue weighted by Gasteiger charge is -2.34. The SMILES string of the molecule is CC(C)CN1C(=O)C(c2cccs2)=C(N2CCC(Cc3ccccc3)CC2)C1=O. The maximum absolute atomic E-state index is 13.2. The molecule has 1 fully saturated rings. The van der Waals surface area contributed by atoms with Crippen LogP contribution in [0.4, 0.5) is 0 Å². The molecule has 0 N–H and O–H groups in total. The Hall–Kier alpha value is -2.40. The Kier molecular flexibility index (Phi) is 5.86. The van der Waals surface area contributed by atoms with Crippen LogP contribution in [0.3, 0.4) is 0 Å². The normalized spacial score (nSPS) is 18.4. The Balaban J connectivity index is 1.53. The Morgan fingerprint density at radius 3 is 2.34 bits per heavy atom. The van der Waals surface area contributed by atoms with E-state index in [0.29, 0.717) is 23.7 Å². The number of nitrogens with zero attached hydrogens (tertiary/aromatic N) is 2. The summed E-state index contributed by atoms with van der Waals surface area (Å²) < 4.78 is 0. The molecule has 0 saturated carbocycles. The van der Waals surface area contributed by atoms with Crippen LogP contribution in [0.2, 0.25) is 0 Å². The van der Waals surface area contributed by atoms with Gasteiger partial charge in [0, 0.05) is 24.5 Å². The zero-order chi connectivity index (χ0) is 20.4. The quantitative estimate of drug-likeness (QED) is 0.664. The van der Waals surface area contributed by atoms with E-state index in [0.717, 1.165) is 37.2 Å². The summed E-state index contributed by atoms with van der Waals surface area (Å²) in [6.07, 6.45) is 3.17. The first-order chi connectivity index (χ1) is 14.0. The molecule has 0 bridgehead atoms. The number of piperidine rings is 1. The first-order valence-corrected chi connectivity index (χ1v) is 11.4. The molecule has 1 aromatic heterocycles. The maximum Gasteiger partial charge on any atom is 0.277 e. The molecule has 0 aliphatic carbocycles. The van der Waals surface area contributed by atoms with Crippen molar-refractivity contribution < 1.29 is 9.59 Å². The number of hydrogen-bond donors (Lipinski definition) is 0. The van der Waals surface area contributed by atoms with Crippen molar-refractivity contribution in [1.82, 2.24) is 9.80 Å². The third-order valence-corrected chi connectivity index (χ3v) is 6.64. The van der Waals surface area contributed by atoms with Gasteiger partial charge in [-0.2, -0.15) is 0 Å². The van der Waals surface area contributed by atoms with Crippen molar-refractivity contribution in [3.8, 4) is 0 Å². The number of thiophene rings is 1. The average molecular weight is 409 g/mol. The molecule has 5 heteroatoms. The van der Waals surface area contributed by atoms with Crippen LogP contribution in [0.5, 0.6) is 0 Å². The van der Waals surface area contributed by atoms with Gasteiger partial charge in [0.15, 0.2) is 0 Å². The fourth-order valence-corrected chi connectivity index (χ4v) is 5.10. The van der Waals surface area contributed by atoms with E-state index in [-0.39, 0.29) is 17.7 Å². The van der Waals surface area contributed by atoms with Gasteiger partial charge < -0.3 is 4.90 Å². The Bertz CT molecular complexity index is 894. The summed E-state index contributed by atoms with van der Waals surface area (Å²) in [5.74, 6) is 0.628. The van der Waals surface area contributed by atoms with Gasteiger partial charge in [-0.15, -0.1) is 11.3 Å². The fourth-order valence-electron chi connectivity index (χ4n) is 4.34. The maximum atomic E-state index is 13.2. The van der Waals surface area contributed by atoms with Crippen LogP contribution in [-0.2, 0) is 16.0 Å². The molecule has 3 heterocycles. The molecule has 2 aliphatic heterocycles. The fraction of sp³-hybridized carbons (Fsp3) is 0.417. The van der Waals surface area contributed by atoms with Crippen LogP contribution in [0, 0.1) is 11.8 Å². The van der Waals surface area contributed by atoms with Gasteiger partial charge in [0.05, 0.1) is 5.57 Å². The Morgan fingerprint density at radius 2 is 1.72 bits per heavy atom. The van der Waals surface area contributed by atoms with Gasteiger partial charge in [-0.3, -0.25) is 14.5 Å². The van der Waals surface area contributed by atoms with Crippen LogP contribution in [0.15, 0.2) is 53.5 Å². The third-order valence-electron chi connectivity index (χ3n) is 5.76. The van der Waals surface area contributed by atoms with Gasteiger partial charge in [0.25, 0.3) is 11.8 Å². The monoisotopic (exact) mass is 408 g/mol. The molecule has 152 valence electrons. The molecule has 4 nitrogen and oxygen atoms in total. The van der Waals surface area contributed by atoms with Gasteiger partial charge in [0.1, 0.15) is 5.70 Å². The van der Waals surface area contributed by atoms with Gasteiger partial charge in [-0.05, 0) is 48.1 Å². The predicted octanol–water partition coefficient (Wildman–Crippen LogP) is 4.44. The highest BCUT2D eigenvalue weighted by atomic mass is 32.1. The minimum atomic E-state index is -0.132. The molecule has 29 heavy (non-hydrogen) atoms. The second-order valence-electron chi connectivity index (χ2n) is 8.44. The molecular formula is C24H28N2O2S. The second-order valence-corrected chi connectivity index (χ2v) is 9.38. The van der Waals surface area contributed by atoms with Crippen LogP contribution < -0.4 is 0 Å². The van der Waals surface area contributed by atoms with E-state index in [2.05, 4.69) is 35.2 Å². The molecule has 2 aromatic rings. The van der Waals surface area contributed by atoms with Crippen molar-refractivity contribution in [1.29, 1.82) is 0 Å². The number of rotatable bonds is 6. The number of carbonyl (C=O) groups excluding carboxylic acids is 2. The zero-order valence-corrected chi connectivity index (χ0v) is 18.0. The van der Waals surface area contributed by atoms with E-state index >= 15 is 0 Å². The number of amides is 2. The topological polar surface area (TPSA) is 40.6 Å². The van der Waals surface area contributed by atoms with E-state index in [1.54, 1.807) is 0 Å². The van der Waals surface area contributed by atoms with E-state index < -0.39 is 0 Å². The van der Waals surface area contributed by atoms with E-state index in [1.807, 2.05) is 31.4 Å². The molecular weight excluding hydrogens is 380 g/mol. The molecule has 0 radical (unpaired) electrons. The van der Waals surface area contributed by atoms with Crippen molar-refractivity contribution in [2.24, 2.45) is 11.8 Å². The number of carbonyl (C=O) groups is 2. The molecule has 1 aromatic carbocycles. The highest BCUT2D eigenvalue weighted by molar-refractivity contribution is 7.11. The minimum Gasteiger partial charge on any atom is -0.366 e. The molecule has 0 unspecified atom stereocenters. The van der Waals surface area contributed by atoms with Crippen LogP contribution in [0.1, 0.15) is 37.1 Å². The van der Waals surface area contributed by atoms with Crippen molar-refractivity contribution >= 4 is 28.7 Å². The summed E-state index contributed by atoms with van der Waals surface area (Å²) in [6.45, 7) is 6.21. The number of hydrogen-bond acceptors (Lipinski definition) is 4. The number of imide groups is 1. The van der Waals surface area contributed by atoms with Gasteiger partial charge in [-0.25, -0.2) is 0 Å². The summed E-state index contributed by atoms with van der Waals surface area (Å²) in [6, 6.07) is 14.5. The van der Waals surface area contributed by atoms with Gasteiger partial charge in [-0.1, -0.05) is 50.2 Å². The van der Waals surface area contributed by atoms with E-state index in [4.69, 9.17) is 0 Å². The minimum absolute atomic E-state index is 0.117. The largest absolute Gasteiger partial charge is 0.366 e. The molecule has 2 amide bonds. The van der Waals surface area contributed by atoms with Crippen molar-refractivity contribution in [3.63, 3.8) is 0 Å². The van der Waals surface area contributed by atoms with E-state index in [1.165, 1.54) is 21.8 Å². The molecule has 1 saturated heterocycles. The van der Waals surface area contributed by atoms with E-state index in [9.17, 15) is 9.59 Å². The Labute approximate surface area is 176 Å². The van der Waals surface area contributed by atoms with Crippen LogP contribution >= 0.6 is 11.3 Å². The molecule has 0 atom stereocenters. The molecule has 2 aliphatic rings. The van der Waals surface area contributed by atoms with Crippen LogP contribution in [0.25, 0.3) is 5.57 Å². The third kappa shape index (κ3) is 4.15. The number of benzene rings is 1. The first kappa shape index (κ1) is 19.9. The summed E-state index contributed by atoms with van der Waals surface area (Å²) in [4.78, 5) is 30.9. The first-order valence-electron chi connectivity index (χ1n) is 10.5. The van der Waals surface area contributed by atoms with Crippen molar-refractivity contribution in [3.05, 3.63) is 64.0 Å². The van der Waals surface area contributed by atoms with Gasteiger partial charge in [0.2, 0.25) is 0 Å². The van der Waals surface area contributed by atoms with Crippen molar-refractivity contribution in [2.45, 2.75) is 33.1 Å². The molecule has 4 rings (SSSR count). The second kappa shape index (κ2) is 8.54.